The zero-order chi connectivity index (χ0) is 20.5. The lowest BCUT2D eigenvalue weighted by atomic mass is 10.1. The van der Waals surface area contributed by atoms with Crippen molar-refractivity contribution in [2.75, 3.05) is 19.0 Å². The number of benzene rings is 2. The highest BCUT2D eigenvalue weighted by molar-refractivity contribution is 7.80. The lowest BCUT2D eigenvalue weighted by molar-refractivity contribution is 0.0943. The zero-order valence-corrected chi connectivity index (χ0v) is 17.6. The Labute approximate surface area is 175 Å². The van der Waals surface area contributed by atoms with Crippen LogP contribution in [0.5, 0.6) is 11.5 Å². The fraction of sp³-hybridized carbons (Fsp3) is 0.300. The fourth-order valence-corrected chi connectivity index (χ4v) is 2.51. The molecule has 2 rings (SSSR count). The molecule has 0 aliphatic rings. The number of carbonyl (C=O) groups is 1. The van der Waals surface area contributed by atoms with Gasteiger partial charge in [-0.2, -0.15) is 0 Å². The maximum atomic E-state index is 12.4. The predicted molar refractivity (Wildman–Crippen MR) is 116 cm³/mol. The van der Waals surface area contributed by atoms with Crippen LogP contribution in [0.3, 0.4) is 0 Å². The number of thiocarbonyl (C=S) groups is 1. The van der Waals surface area contributed by atoms with Gasteiger partial charge in [0.1, 0.15) is 0 Å². The summed E-state index contributed by atoms with van der Waals surface area (Å²) in [5.41, 5.74) is 6.37. The van der Waals surface area contributed by atoms with Crippen molar-refractivity contribution in [2.45, 2.75) is 20.3 Å². The van der Waals surface area contributed by atoms with Crippen molar-refractivity contribution < 1.29 is 14.3 Å². The second-order valence-corrected chi connectivity index (χ2v) is 7.28. The van der Waals surface area contributed by atoms with Gasteiger partial charge < -0.3 is 14.8 Å². The van der Waals surface area contributed by atoms with Crippen molar-refractivity contribution in [1.29, 1.82) is 0 Å². The summed E-state index contributed by atoms with van der Waals surface area (Å²) in [6.45, 7) is 4.85. The predicted octanol–water partition coefficient (Wildman–Crippen LogP) is 4.40. The Hall–Kier alpha value is -2.51. The number of methoxy groups -OCH3 is 1. The van der Waals surface area contributed by atoms with E-state index in [1.807, 2.05) is 0 Å². The first kappa shape index (κ1) is 21.8. The average Bonchev–Trinajstić information content (AvgIpc) is 2.67. The van der Waals surface area contributed by atoms with Crippen LogP contribution in [0.2, 0.25) is 5.02 Å². The summed E-state index contributed by atoms with van der Waals surface area (Å²) in [7, 11) is 1.54. The summed E-state index contributed by atoms with van der Waals surface area (Å²) in [4.78, 5) is 12.4. The van der Waals surface area contributed by atoms with Gasteiger partial charge in [-0.15, -0.1) is 0 Å². The van der Waals surface area contributed by atoms with E-state index >= 15 is 0 Å². The maximum Gasteiger partial charge on any atom is 0.269 e. The molecule has 2 aromatic carbocycles. The fourth-order valence-electron chi connectivity index (χ4n) is 2.21. The number of carbonyl (C=O) groups excluding carboxylic acids is 1. The summed E-state index contributed by atoms with van der Waals surface area (Å²) < 4.78 is 11.1. The number of rotatable bonds is 7. The van der Waals surface area contributed by atoms with Gasteiger partial charge in [0.05, 0.1) is 13.7 Å². The molecule has 6 nitrogen and oxygen atoms in total. The Morgan fingerprint density at radius 1 is 1.11 bits per heavy atom. The molecule has 0 spiro atoms. The van der Waals surface area contributed by atoms with Crippen LogP contribution >= 0.6 is 23.8 Å². The van der Waals surface area contributed by atoms with Gasteiger partial charge in [0.15, 0.2) is 16.6 Å². The molecule has 0 radical (unpaired) electrons. The highest BCUT2D eigenvalue weighted by Crippen LogP contribution is 2.28. The van der Waals surface area contributed by atoms with Crippen LogP contribution in [0.4, 0.5) is 5.69 Å². The summed E-state index contributed by atoms with van der Waals surface area (Å²) >= 11 is 11.0. The molecule has 28 heavy (non-hydrogen) atoms. The van der Waals surface area contributed by atoms with Crippen LogP contribution in [0.25, 0.3) is 0 Å². The molecule has 0 atom stereocenters. The highest BCUT2D eigenvalue weighted by atomic mass is 35.5. The number of hydrogen-bond donors (Lipinski definition) is 3. The molecule has 0 aliphatic carbocycles. The summed E-state index contributed by atoms with van der Waals surface area (Å²) in [5, 5.41) is 3.82. The molecule has 0 saturated heterocycles. The Bertz CT molecular complexity index is 813. The van der Waals surface area contributed by atoms with Gasteiger partial charge in [-0.3, -0.25) is 15.6 Å². The molecule has 0 fully saturated rings. The molecule has 0 aromatic heterocycles. The number of nitrogens with one attached hydrogen (secondary N) is 3. The normalized spacial score (nSPS) is 10.3. The quantitative estimate of drug-likeness (QED) is 0.454. The number of anilines is 1. The molecule has 0 heterocycles. The maximum absolute atomic E-state index is 12.4. The first-order valence-electron chi connectivity index (χ1n) is 8.82. The second kappa shape index (κ2) is 10.7. The van der Waals surface area contributed by atoms with Crippen molar-refractivity contribution in [2.24, 2.45) is 5.92 Å². The third-order valence-electron chi connectivity index (χ3n) is 3.77. The van der Waals surface area contributed by atoms with Gasteiger partial charge in [0.2, 0.25) is 0 Å². The molecule has 2 aromatic rings. The zero-order valence-electron chi connectivity index (χ0n) is 16.0. The second-order valence-electron chi connectivity index (χ2n) is 6.44. The summed E-state index contributed by atoms with van der Waals surface area (Å²) in [6, 6.07) is 12.0. The Balaban J connectivity index is 1.90. The van der Waals surface area contributed by atoms with Gasteiger partial charge >= 0.3 is 0 Å². The van der Waals surface area contributed by atoms with E-state index in [-0.39, 0.29) is 11.0 Å². The number of hydrogen-bond acceptors (Lipinski definition) is 4. The van der Waals surface area contributed by atoms with E-state index in [0.717, 1.165) is 12.1 Å². The largest absolute Gasteiger partial charge is 0.493 e. The van der Waals surface area contributed by atoms with E-state index < -0.39 is 0 Å². The van der Waals surface area contributed by atoms with Crippen molar-refractivity contribution >= 4 is 40.5 Å². The Morgan fingerprint density at radius 2 is 1.82 bits per heavy atom. The van der Waals surface area contributed by atoms with Gasteiger partial charge in [-0.25, -0.2) is 0 Å². The SMILES string of the molecule is COc1cc(C(=O)NNC(=S)Nc2ccc(Cl)cc2)ccc1OCCC(C)C. The lowest BCUT2D eigenvalue weighted by Crippen LogP contribution is -2.43. The minimum atomic E-state index is -0.354. The highest BCUT2D eigenvalue weighted by Gasteiger charge is 2.12. The average molecular weight is 422 g/mol. The Kier molecular flexibility index (Phi) is 8.35. The summed E-state index contributed by atoms with van der Waals surface area (Å²) in [6.07, 6.45) is 0.938. The standard InChI is InChI=1S/C20H24ClN3O3S/c1-13(2)10-11-27-17-9-4-14(12-18(17)26-3)19(25)23-24-20(28)22-16-7-5-15(21)6-8-16/h4-9,12-13H,10-11H2,1-3H3,(H,23,25)(H2,22,24,28). The molecule has 8 heteroatoms. The monoisotopic (exact) mass is 421 g/mol. The molecule has 0 unspecified atom stereocenters. The van der Waals surface area contributed by atoms with E-state index in [0.29, 0.717) is 34.6 Å². The van der Waals surface area contributed by atoms with Crippen molar-refractivity contribution in [3.63, 3.8) is 0 Å². The van der Waals surface area contributed by atoms with Crippen LogP contribution < -0.4 is 25.6 Å². The molecule has 0 saturated carbocycles. The van der Waals surface area contributed by atoms with E-state index in [1.54, 1.807) is 42.5 Å². The molecule has 0 bridgehead atoms. The first-order chi connectivity index (χ1) is 13.4. The van der Waals surface area contributed by atoms with Gasteiger partial charge in [0, 0.05) is 16.3 Å². The first-order valence-corrected chi connectivity index (χ1v) is 9.61. The van der Waals surface area contributed by atoms with Crippen LogP contribution in [-0.2, 0) is 0 Å². The number of amides is 1. The Morgan fingerprint density at radius 3 is 2.46 bits per heavy atom. The van der Waals surface area contributed by atoms with Crippen LogP contribution in [0, 0.1) is 5.92 Å². The third-order valence-corrected chi connectivity index (χ3v) is 4.23. The third kappa shape index (κ3) is 6.90. The minimum Gasteiger partial charge on any atom is -0.493 e. The smallest absolute Gasteiger partial charge is 0.269 e. The van der Waals surface area contributed by atoms with Crippen LogP contribution in [0.15, 0.2) is 42.5 Å². The van der Waals surface area contributed by atoms with Gasteiger partial charge in [0.25, 0.3) is 5.91 Å². The molecule has 150 valence electrons. The summed E-state index contributed by atoms with van der Waals surface area (Å²) in [5.74, 6) is 1.30. The lowest BCUT2D eigenvalue weighted by Gasteiger charge is -2.14. The minimum absolute atomic E-state index is 0.247. The molecule has 3 N–H and O–H groups in total. The van der Waals surface area contributed by atoms with E-state index in [1.165, 1.54) is 7.11 Å². The van der Waals surface area contributed by atoms with Gasteiger partial charge in [-0.05, 0) is 67.0 Å². The molecular weight excluding hydrogens is 398 g/mol. The topological polar surface area (TPSA) is 71.6 Å². The van der Waals surface area contributed by atoms with Crippen molar-refractivity contribution in [3.8, 4) is 11.5 Å². The van der Waals surface area contributed by atoms with Crippen LogP contribution in [-0.4, -0.2) is 24.7 Å². The number of halogens is 1. The van der Waals surface area contributed by atoms with Crippen molar-refractivity contribution in [3.05, 3.63) is 53.1 Å². The van der Waals surface area contributed by atoms with E-state index in [2.05, 4.69) is 30.0 Å². The van der Waals surface area contributed by atoms with E-state index in [9.17, 15) is 4.79 Å². The molecule has 0 aliphatic heterocycles. The van der Waals surface area contributed by atoms with Gasteiger partial charge in [-0.1, -0.05) is 25.4 Å². The van der Waals surface area contributed by atoms with Crippen LogP contribution in [0.1, 0.15) is 30.6 Å². The van der Waals surface area contributed by atoms with E-state index in [4.69, 9.17) is 33.3 Å². The molecule has 1 amide bonds. The number of hydrazine groups is 1. The molecular formula is C20H24ClN3O3S. The van der Waals surface area contributed by atoms with Crippen molar-refractivity contribution in [1.82, 2.24) is 10.9 Å². The number of ether oxygens (including phenoxy) is 2.